The van der Waals surface area contributed by atoms with Gasteiger partial charge in [0.1, 0.15) is 5.15 Å². The lowest BCUT2D eigenvalue weighted by atomic mass is 10.1. The first-order valence-electron chi connectivity index (χ1n) is 8.79. The summed E-state index contributed by atoms with van der Waals surface area (Å²) >= 11 is 6.52. The molecule has 6 heteroatoms. The van der Waals surface area contributed by atoms with Crippen LogP contribution < -0.4 is 0 Å². The van der Waals surface area contributed by atoms with Crippen molar-refractivity contribution in [1.82, 2.24) is 19.6 Å². The van der Waals surface area contributed by atoms with Crippen LogP contribution in [0.25, 0.3) is 0 Å². The zero-order chi connectivity index (χ0) is 18.0. The van der Waals surface area contributed by atoms with Crippen molar-refractivity contribution in [2.45, 2.75) is 27.3 Å². The quantitative estimate of drug-likeness (QED) is 0.841. The third kappa shape index (κ3) is 3.88. The van der Waals surface area contributed by atoms with E-state index in [9.17, 15) is 4.79 Å². The van der Waals surface area contributed by atoms with Gasteiger partial charge < -0.3 is 9.80 Å². The predicted octanol–water partition coefficient (Wildman–Crippen LogP) is 2.98. The molecule has 1 aliphatic heterocycles. The molecule has 25 heavy (non-hydrogen) atoms. The molecule has 1 fully saturated rings. The van der Waals surface area contributed by atoms with Crippen molar-refractivity contribution in [3.63, 3.8) is 0 Å². The van der Waals surface area contributed by atoms with Crippen LogP contribution in [-0.2, 0) is 6.54 Å². The van der Waals surface area contributed by atoms with Crippen molar-refractivity contribution < 1.29 is 4.79 Å². The summed E-state index contributed by atoms with van der Waals surface area (Å²) in [6.07, 6.45) is 0. The van der Waals surface area contributed by atoms with E-state index in [1.54, 1.807) is 4.68 Å². The van der Waals surface area contributed by atoms with Gasteiger partial charge in [-0.25, -0.2) is 4.68 Å². The van der Waals surface area contributed by atoms with Crippen LogP contribution in [0, 0.1) is 13.8 Å². The number of hydrogen-bond acceptors (Lipinski definition) is 3. The number of piperazine rings is 1. The fourth-order valence-electron chi connectivity index (χ4n) is 3.19. The summed E-state index contributed by atoms with van der Waals surface area (Å²) in [5.41, 5.74) is 3.57. The van der Waals surface area contributed by atoms with Gasteiger partial charge in [-0.2, -0.15) is 5.10 Å². The van der Waals surface area contributed by atoms with E-state index in [1.807, 2.05) is 11.8 Å². The van der Waals surface area contributed by atoms with Crippen molar-refractivity contribution in [1.29, 1.82) is 0 Å². The van der Waals surface area contributed by atoms with E-state index in [0.717, 1.165) is 38.3 Å². The Morgan fingerprint density at radius 3 is 2.36 bits per heavy atom. The van der Waals surface area contributed by atoms with Gasteiger partial charge in [-0.15, -0.1) is 0 Å². The average Bonchev–Trinajstić information content (AvgIpc) is 2.90. The minimum Gasteiger partial charge on any atom is -0.336 e. The highest BCUT2D eigenvalue weighted by Gasteiger charge is 2.27. The van der Waals surface area contributed by atoms with Crippen molar-refractivity contribution in [2.75, 3.05) is 32.7 Å². The first-order valence-corrected chi connectivity index (χ1v) is 9.17. The van der Waals surface area contributed by atoms with Crippen LogP contribution in [0.5, 0.6) is 0 Å². The lowest BCUT2D eigenvalue weighted by Gasteiger charge is -2.34. The standard InChI is InChI=1S/C19H25ClN4O/c1-4-22-9-11-23(12-10-22)19(25)17-15(3)21-24(18(17)20)13-16-7-5-14(2)6-8-16/h5-8H,4,9-13H2,1-3H3. The SMILES string of the molecule is CCN1CCN(C(=O)c2c(C)nn(Cc3ccc(C)cc3)c2Cl)CC1. The number of aromatic nitrogens is 2. The molecule has 0 spiro atoms. The molecule has 3 rings (SSSR count). The lowest BCUT2D eigenvalue weighted by Crippen LogP contribution is -2.48. The van der Waals surface area contributed by atoms with Crippen LogP contribution in [0.2, 0.25) is 5.15 Å². The molecule has 0 unspecified atom stereocenters. The number of likely N-dealkylation sites (N-methyl/N-ethyl adjacent to an activating group) is 1. The number of amides is 1. The first kappa shape index (κ1) is 18.0. The van der Waals surface area contributed by atoms with Gasteiger partial charge in [-0.05, 0) is 26.0 Å². The monoisotopic (exact) mass is 360 g/mol. The number of benzene rings is 1. The zero-order valence-electron chi connectivity index (χ0n) is 15.1. The van der Waals surface area contributed by atoms with Crippen LogP contribution in [0.4, 0.5) is 0 Å². The molecule has 0 bridgehead atoms. The Bertz CT molecular complexity index is 746. The van der Waals surface area contributed by atoms with Crippen LogP contribution in [0.15, 0.2) is 24.3 Å². The second kappa shape index (κ2) is 7.58. The average molecular weight is 361 g/mol. The molecule has 1 amide bonds. The summed E-state index contributed by atoms with van der Waals surface area (Å²) < 4.78 is 1.72. The third-order valence-electron chi connectivity index (χ3n) is 4.84. The van der Waals surface area contributed by atoms with Gasteiger partial charge in [0, 0.05) is 26.2 Å². The van der Waals surface area contributed by atoms with E-state index in [4.69, 9.17) is 11.6 Å². The van der Waals surface area contributed by atoms with Crippen molar-refractivity contribution in [3.8, 4) is 0 Å². The molecule has 0 saturated carbocycles. The van der Waals surface area contributed by atoms with Gasteiger partial charge in [0.15, 0.2) is 0 Å². The molecular formula is C19H25ClN4O. The molecule has 134 valence electrons. The summed E-state index contributed by atoms with van der Waals surface area (Å²) in [7, 11) is 0. The molecule has 1 aliphatic rings. The molecule has 0 N–H and O–H groups in total. The minimum absolute atomic E-state index is 0.00610. The Morgan fingerprint density at radius 1 is 1.12 bits per heavy atom. The maximum atomic E-state index is 12.9. The summed E-state index contributed by atoms with van der Waals surface area (Å²) in [6.45, 7) is 11.0. The van der Waals surface area contributed by atoms with Gasteiger partial charge >= 0.3 is 0 Å². The molecule has 2 heterocycles. The normalized spacial score (nSPS) is 15.6. The smallest absolute Gasteiger partial charge is 0.258 e. The van der Waals surface area contributed by atoms with E-state index in [0.29, 0.717) is 23.0 Å². The number of hydrogen-bond donors (Lipinski definition) is 0. The van der Waals surface area contributed by atoms with E-state index in [2.05, 4.69) is 48.1 Å². The van der Waals surface area contributed by atoms with E-state index in [-0.39, 0.29) is 5.91 Å². The Kier molecular flexibility index (Phi) is 5.45. The Labute approximate surface area is 154 Å². The van der Waals surface area contributed by atoms with Gasteiger partial charge in [0.05, 0.1) is 17.8 Å². The zero-order valence-corrected chi connectivity index (χ0v) is 15.9. The highest BCUT2D eigenvalue weighted by Crippen LogP contribution is 2.23. The predicted molar refractivity (Wildman–Crippen MR) is 100 cm³/mol. The second-order valence-electron chi connectivity index (χ2n) is 6.62. The van der Waals surface area contributed by atoms with Gasteiger partial charge in [0.2, 0.25) is 0 Å². The van der Waals surface area contributed by atoms with Crippen LogP contribution in [-0.4, -0.2) is 58.2 Å². The number of halogens is 1. The highest BCUT2D eigenvalue weighted by molar-refractivity contribution is 6.33. The van der Waals surface area contributed by atoms with Gasteiger partial charge in [-0.1, -0.05) is 48.4 Å². The maximum Gasteiger partial charge on any atom is 0.258 e. The molecular weight excluding hydrogens is 336 g/mol. The fraction of sp³-hybridized carbons (Fsp3) is 0.474. The molecule has 0 radical (unpaired) electrons. The number of nitrogens with zero attached hydrogens (tertiary/aromatic N) is 4. The summed E-state index contributed by atoms with van der Waals surface area (Å²) in [4.78, 5) is 17.1. The summed E-state index contributed by atoms with van der Waals surface area (Å²) in [5, 5.41) is 4.93. The van der Waals surface area contributed by atoms with Crippen LogP contribution in [0.1, 0.15) is 34.1 Å². The first-order chi connectivity index (χ1) is 12.0. The number of carbonyl (C=O) groups excluding carboxylic acids is 1. The number of carbonyl (C=O) groups is 1. The van der Waals surface area contributed by atoms with Crippen LogP contribution in [0.3, 0.4) is 0 Å². The summed E-state index contributed by atoms with van der Waals surface area (Å²) in [6, 6.07) is 8.26. The van der Waals surface area contributed by atoms with Gasteiger partial charge in [-0.3, -0.25) is 4.79 Å². The Hall–Kier alpha value is -1.85. The fourth-order valence-corrected chi connectivity index (χ4v) is 3.51. The summed E-state index contributed by atoms with van der Waals surface area (Å²) in [5.74, 6) is -0.00610. The molecule has 2 aromatic rings. The topological polar surface area (TPSA) is 41.4 Å². The number of rotatable bonds is 4. The molecule has 1 aromatic heterocycles. The van der Waals surface area contributed by atoms with E-state index < -0.39 is 0 Å². The molecule has 1 saturated heterocycles. The van der Waals surface area contributed by atoms with Crippen molar-refractivity contribution in [3.05, 3.63) is 51.8 Å². The van der Waals surface area contributed by atoms with Crippen molar-refractivity contribution >= 4 is 17.5 Å². The lowest BCUT2D eigenvalue weighted by molar-refractivity contribution is 0.0643. The second-order valence-corrected chi connectivity index (χ2v) is 6.98. The third-order valence-corrected chi connectivity index (χ3v) is 5.22. The highest BCUT2D eigenvalue weighted by atomic mass is 35.5. The molecule has 0 atom stereocenters. The van der Waals surface area contributed by atoms with E-state index >= 15 is 0 Å². The van der Waals surface area contributed by atoms with Crippen molar-refractivity contribution in [2.24, 2.45) is 0 Å². The van der Waals surface area contributed by atoms with E-state index in [1.165, 1.54) is 5.56 Å². The largest absolute Gasteiger partial charge is 0.336 e. The maximum absolute atomic E-state index is 12.9. The molecule has 5 nitrogen and oxygen atoms in total. The van der Waals surface area contributed by atoms with Gasteiger partial charge in [0.25, 0.3) is 5.91 Å². The molecule has 0 aliphatic carbocycles. The number of aryl methyl sites for hydroxylation is 2. The molecule has 1 aromatic carbocycles. The van der Waals surface area contributed by atoms with Crippen LogP contribution >= 0.6 is 11.6 Å². The minimum atomic E-state index is -0.00610. The Morgan fingerprint density at radius 2 is 1.76 bits per heavy atom. The Balaban J connectivity index is 1.77.